The Bertz CT molecular complexity index is 653. The van der Waals surface area contributed by atoms with Gasteiger partial charge in [0.2, 0.25) is 0 Å². The Balaban J connectivity index is 1.93. The summed E-state index contributed by atoms with van der Waals surface area (Å²) in [6, 6.07) is 8.27. The van der Waals surface area contributed by atoms with E-state index in [0.717, 1.165) is 0 Å². The van der Waals surface area contributed by atoms with E-state index in [1.807, 2.05) is 0 Å². The molecule has 0 saturated carbocycles. The number of aliphatic hydroxyl groups excluding tert-OH is 1. The molecule has 2 rings (SSSR count). The van der Waals surface area contributed by atoms with Gasteiger partial charge in [0.05, 0.1) is 11.0 Å². The topological polar surface area (TPSA) is 106 Å². The van der Waals surface area contributed by atoms with Crippen LogP contribution >= 0.6 is 11.6 Å². The molecule has 0 spiro atoms. The molecule has 0 fully saturated rings. The minimum absolute atomic E-state index is 0.0379. The Hall–Kier alpha value is -2.38. The van der Waals surface area contributed by atoms with E-state index >= 15 is 0 Å². The lowest BCUT2D eigenvalue weighted by molar-refractivity contribution is -0.384. The molecular weight excluding hydrogens is 300 g/mol. The fourth-order valence-electron chi connectivity index (χ4n) is 1.65. The maximum absolute atomic E-state index is 11.7. The van der Waals surface area contributed by atoms with Gasteiger partial charge in [0.25, 0.3) is 11.6 Å². The van der Waals surface area contributed by atoms with Crippen molar-refractivity contribution in [2.75, 3.05) is 6.54 Å². The van der Waals surface area contributed by atoms with Crippen molar-refractivity contribution in [1.29, 1.82) is 0 Å². The van der Waals surface area contributed by atoms with Crippen LogP contribution in [0.2, 0.25) is 5.22 Å². The lowest BCUT2D eigenvalue weighted by Gasteiger charge is -2.11. The first-order chi connectivity index (χ1) is 9.97. The van der Waals surface area contributed by atoms with Crippen molar-refractivity contribution in [1.82, 2.24) is 5.32 Å². The second-order valence-corrected chi connectivity index (χ2v) is 4.55. The molecule has 1 aromatic heterocycles. The minimum atomic E-state index is -0.986. The van der Waals surface area contributed by atoms with Crippen LogP contribution in [-0.2, 0) is 0 Å². The number of hydrogen-bond donors (Lipinski definition) is 2. The SMILES string of the molecule is O=C(NC[C@@H](O)c1ccc([N+](=O)[O-])cc1)c1ccc(Cl)o1. The summed E-state index contributed by atoms with van der Waals surface area (Å²) in [7, 11) is 0. The van der Waals surface area contributed by atoms with E-state index in [4.69, 9.17) is 16.0 Å². The molecule has 0 aliphatic rings. The Morgan fingerprint density at radius 1 is 1.33 bits per heavy atom. The van der Waals surface area contributed by atoms with Crippen molar-refractivity contribution < 1.29 is 19.2 Å². The Morgan fingerprint density at radius 2 is 2.00 bits per heavy atom. The van der Waals surface area contributed by atoms with E-state index in [9.17, 15) is 20.0 Å². The molecule has 0 radical (unpaired) electrons. The number of nitro benzene ring substituents is 1. The average molecular weight is 311 g/mol. The van der Waals surface area contributed by atoms with Crippen molar-refractivity contribution in [2.45, 2.75) is 6.10 Å². The number of carbonyl (C=O) groups excluding carboxylic acids is 1. The highest BCUT2D eigenvalue weighted by atomic mass is 35.5. The number of carbonyl (C=O) groups is 1. The molecule has 1 amide bonds. The van der Waals surface area contributed by atoms with Gasteiger partial charge < -0.3 is 14.8 Å². The number of halogens is 1. The molecule has 0 bridgehead atoms. The van der Waals surface area contributed by atoms with Crippen molar-refractivity contribution in [3.63, 3.8) is 0 Å². The van der Waals surface area contributed by atoms with Crippen LogP contribution in [0.1, 0.15) is 22.2 Å². The lowest BCUT2D eigenvalue weighted by Crippen LogP contribution is -2.28. The highest BCUT2D eigenvalue weighted by Gasteiger charge is 2.14. The largest absolute Gasteiger partial charge is 0.440 e. The van der Waals surface area contributed by atoms with Gasteiger partial charge in [0.15, 0.2) is 11.0 Å². The minimum Gasteiger partial charge on any atom is -0.440 e. The molecule has 2 N–H and O–H groups in total. The van der Waals surface area contributed by atoms with Crippen LogP contribution in [0.25, 0.3) is 0 Å². The van der Waals surface area contributed by atoms with Gasteiger partial charge in [0, 0.05) is 18.7 Å². The average Bonchev–Trinajstić information content (AvgIpc) is 2.91. The first kappa shape index (κ1) is 15.0. The third-order valence-corrected chi connectivity index (χ3v) is 2.94. The monoisotopic (exact) mass is 310 g/mol. The summed E-state index contributed by atoms with van der Waals surface area (Å²) in [6.07, 6.45) is -0.986. The molecule has 1 atom stereocenters. The van der Waals surface area contributed by atoms with Gasteiger partial charge in [-0.1, -0.05) is 0 Å². The fourth-order valence-corrected chi connectivity index (χ4v) is 1.79. The second kappa shape index (κ2) is 6.38. The molecule has 0 unspecified atom stereocenters. The molecule has 0 aliphatic carbocycles. The number of nitrogens with one attached hydrogen (secondary N) is 1. The zero-order valence-electron chi connectivity index (χ0n) is 10.7. The molecule has 7 nitrogen and oxygen atoms in total. The highest BCUT2D eigenvalue weighted by Crippen LogP contribution is 2.17. The number of aliphatic hydroxyl groups is 1. The van der Waals surface area contributed by atoms with Crippen molar-refractivity contribution in [3.8, 4) is 0 Å². The molecule has 8 heteroatoms. The molecule has 0 saturated heterocycles. The van der Waals surface area contributed by atoms with Gasteiger partial charge in [-0.3, -0.25) is 14.9 Å². The summed E-state index contributed by atoms with van der Waals surface area (Å²) < 4.78 is 4.92. The van der Waals surface area contributed by atoms with Gasteiger partial charge in [-0.25, -0.2) is 0 Å². The zero-order valence-corrected chi connectivity index (χ0v) is 11.4. The van der Waals surface area contributed by atoms with Crippen LogP contribution in [0, 0.1) is 10.1 Å². The van der Waals surface area contributed by atoms with Crippen LogP contribution < -0.4 is 5.32 Å². The normalized spacial score (nSPS) is 11.9. The number of nitrogens with zero attached hydrogens (tertiary/aromatic N) is 1. The van der Waals surface area contributed by atoms with Gasteiger partial charge >= 0.3 is 0 Å². The van der Waals surface area contributed by atoms with Crippen LogP contribution in [0.3, 0.4) is 0 Å². The summed E-state index contributed by atoms with van der Waals surface area (Å²) >= 11 is 5.55. The Labute approximate surface area is 124 Å². The highest BCUT2D eigenvalue weighted by molar-refractivity contribution is 6.29. The van der Waals surface area contributed by atoms with E-state index in [1.165, 1.54) is 36.4 Å². The zero-order chi connectivity index (χ0) is 15.4. The van der Waals surface area contributed by atoms with Crippen LogP contribution in [0.5, 0.6) is 0 Å². The van der Waals surface area contributed by atoms with Crippen LogP contribution in [-0.4, -0.2) is 22.5 Å². The first-order valence-corrected chi connectivity index (χ1v) is 6.31. The number of hydrogen-bond acceptors (Lipinski definition) is 5. The number of nitro groups is 1. The van der Waals surface area contributed by atoms with Crippen LogP contribution in [0.4, 0.5) is 5.69 Å². The third kappa shape index (κ3) is 3.80. The molecule has 21 heavy (non-hydrogen) atoms. The molecule has 0 aliphatic heterocycles. The van der Waals surface area contributed by atoms with E-state index in [0.29, 0.717) is 5.56 Å². The van der Waals surface area contributed by atoms with E-state index in [2.05, 4.69) is 5.32 Å². The second-order valence-electron chi connectivity index (χ2n) is 4.18. The third-order valence-electron chi connectivity index (χ3n) is 2.74. The quantitative estimate of drug-likeness (QED) is 0.651. The molecule has 1 heterocycles. The Kier molecular flexibility index (Phi) is 4.56. The molecular formula is C13H11ClN2O5. The molecule has 1 aromatic carbocycles. The maximum Gasteiger partial charge on any atom is 0.287 e. The van der Waals surface area contributed by atoms with Crippen molar-refractivity contribution in [3.05, 3.63) is 63.1 Å². The smallest absolute Gasteiger partial charge is 0.287 e. The number of furan rings is 1. The van der Waals surface area contributed by atoms with E-state index < -0.39 is 16.9 Å². The summed E-state index contributed by atoms with van der Waals surface area (Å²) in [5, 5.41) is 23.0. The number of amides is 1. The van der Waals surface area contributed by atoms with Gasteiger partial charge in [-0.05, 0) is 41.4 Å². The standard InChI is InChI=1S/C13H11ClN2O5/c14-12-6-5-11(21-12)13(18)15-7-10(17)8-1-3-9(4-2-8)16(19)20/h1-6,10,17H,7H2,(H,15,18)/t10-/m1/s1. The van der Waals surface area contributed by atoms with Crippen molar-refractivity contribution >= 4 is 23.2 Å². The van der Waals surface area contributed by atoms with Gasteiger partial charge in [0.1, 0.15) is 0 Å². The van der Waals surface area contributed by atoms with Gasteiger partial charge in [-0.2, -0.15) is 0 Å². The summed E-state index contributed by atoms with van der Waals surface area (Å²) in [5.74, 6) is -0.473. The lowest BCUT2D eigenvalue weighted by atomic mass is 10.1. The number of rotatable bonds is 5. The number of benzene rings is 1. The predicted octanol–water partition coefficient (Wildman–Crippen LogP) is 2.30. The first-order valence-electron chi connectivity index (χ1n) is 5.93. The fraction of sp³-hybridized carbons (Fsp3) is 0.154. The van der Waals surface area contributed by atoms with E-state index in [-0.39, 0.29) is 23.2 Å². The summed E-state index contributed by atoms with van der Waals surface area (Å²) in [5.41, 5.74) is 0.388. The summed E-state index contributed by atoms with van der Waals surface area (Å²) in [4.78, 5) is 21.7. The summed E-state index contributed by atoms with van der Waals surface area (Å²) in [6.45, 7) is -0.0606. The maximum atomic E-state index is 11.7. The molecule has 110 valence electrons. The Morgan fingerprint density at radius 3 is 2.52 bits per heavy atom. The van der Waals surface area contributed by atoms with Gasteiger partial charge in [-0.15, -0.1) is 0 Å². The van der Waals surface area contributed by atoms with Crippen molar-refractivity contribution in [2.24, 2.45) is 0 Å². The molecule has 2 aromatic rings. The van der Waals surface area contributed by atoms with E-state index in [1.54, 1.807) is 0 Å². The predicted molar refractivity (Wildman–Crippen MR) is 74.1 cm³/mol. The van der Waals surface area contributed by atoms with Crippen LogP contribution in [0.15, 0.2) is 40.8 Å². The number of non-ortho nitro benzene ring substituents is 1.